The van der Waals surface area contributed by atoms with Crippen LogP contribution < -0.4 is 5.32 Å². The number of hydrogen-bond acceptors (Lipinski definition) is 2. The lowest BCUT2D eigenvalue weighted by molar-refractivity contribution is 0.0463. The van der Waals surface area contributed by atoms with Crippen molar-refractivity contribution in [3.63, 3.8) is 0 Å². The van der Waals surface area contributed by atoms with Crippen molar-refractivity contribution in [2.24, 2.45) is 0 Å². The molecule has 21 heavy (non-hydrogen) atoms. The van der Waals surface area contributed by atoms with Gasteiger partial charge in [-0.15, -0.1) is 0 Å². The van der Waals surface area contributed by atoms with E-state index in [0.29, 0.717) is 12.1 Å². The molecule has 2 heteroatoms. The number of piperidine rings is 2. The van der Waals surface area contributed by atoms with Crippen LogP contribution >= 0.6 is 0 Å². The van der Waals surface area contributed by atoms with Gasteiger partial charge in [-0.3, -0.25) is 0 Å². The van der Waals surface area contributed by atoms with E-state index >= 15 is 0 Å². The Bertz CT molecular complexity index is 482. The molecule has 0 saturated carbocycles. The van der Waals surface area contributed by atoms with Crippen LogP contribution in [0.25, 0.3) is 0 Å². The molecule has 3 atom stereocenters. The molecule has 0 spiro atoms. The molecule has 0 radical (unpaired) electrons. The van der Waals surface area contributed by atoms with Gasteiger partial charge in [0.1, 0.15) is 0 Å². The first-order valence-electron chi connectivity index (χ1n) is 8.59. The van der Waals surface area contributed by atoms with Crippen LogP contribution in [0.15, 0.2) is 18.2 Å². The van der Waals surface area contributed by atoms with Gasteiger partial charge >= 0.3 is 0 Å². The first-order valence-corrected chi connectivity index (χ1v) is 8.59. The van der Waals surface area contributed by atoms with Crippen LogP contribution in [0, 0.1) is 13.8 Å². The molecule has 2 aliphatic heterocycles. The van der Waals surface area contributed by atoms with Crippen LogP contribution in [0.3, 0.4) is 0 Å². The number of fused-ring (bicyclic) bond motifs is 2. The Morgan fingerprint density at radius 2 is 1.76 bits per heavy atom. The van der Waals surface area contributed by atoms with Gasteiger partial charge in [-0.2, -0.15) is 0 Å². The van der Waals surface area contributed by atoms with Crippen molar-refractivity contribution in [2.45, 2.75) is 77.0 Å². The number of benzene rings is 1. The van der Waals surface area contributed by atoms with Crippen LogP contribution in [0.4, 0.5) is 0 Å². The zero-order chi connectivity index (χ0) is 15.0. The van der Waals surface area contributed by atoms with E-state index in [4.69, 9.17) is 0 Å². The van der Waals surface area contributed by atoms with Gasteiger partial charge in [0.05, 0.1) is 0 Å². The molecule has 1 aromatic rings. The van der Waals surface area contributed by atoms with Crippen molar-refractivity contribution < 1.29 is 0 Å². The van der Waals surface area contributed by atoms with E-state index in [2.05, 4.69) is 56.2 Å². The second kappa shape index (κ2) is 6.10. The Labute approximate surface area is 129 Å². The molecular formula is C19H30N2. The fourth-order valence-electron chi connectivity index (χ4n) is 4.24. The molecule has 2 bridgehead atoms. The van der Waals surface area contributed by atoms with Crippen LogP contribution in [0.5, 0.6) is 0 Å². The minimum Gasteiger partial charge on any atom is -0.307 e. The van der Waals surface area contributed by atoms with Crippen LogP contribution in [-0.4, -0.2) is 30.1 Å². The number of hydrogen-bond donors (Lipinski definition) is 1. The zero-order valence-corrected chi connectivity index (χ0v) is 14.0. The molecule has 2 aliphatic rings. The number of nitrogens with zero attached hydrogens (tertiary/aromatic N) is 1. The maximum atomic E-state index is 3.90. The summed E-state index contributed by atoms with van der Waals surface area (Å²) in [5, 5.41) is 3.90. The van der Waals surface area contributed by atoms with Gasteiger partial charge in [-0.25, -0.2) is 0 Å². The Morgan fingerprint density at radius 1 is 1.10 bits per heavy atom. The summed E-state index contributed by atoms with van der Waals surface area (Å²) in [6.45, 7) is 6.72. The summed E-state index contributed by atoms with van der Waals surface area (Å²) in [5.74, 6) is 0. The van der Waals surface area contributed by atoms with Crippen molar-refractivity contribution in [1.29, 1.82) is 0 Å². The second-order valence-corrected chi connectivity index (χ2v) is 7.30. The zero-order valence-electron chi connectivity index (χ0n) is 14.0. The van der Waals surface area contributed by atoms with E-state index in [1.807, 2.05) is 0 Å². The van der Waals surface area contributed by atoms with E-state index in [1.54, 1.807) is 0 Å². The van der Waals surface area contributed by atoms with Gasteiger partial charge in [0.15, 0.2) is 0 Å². The SMILES string of the molecule is Cc1ccc(C(C)NC2CC3CCCC(C2)N3C)cc1C. The highest BCUT2D eigenvalue weighted by Gasteiger charge is 2.36. The highest BCUT2D eigenvalue weighted by atomic mass is 15.2. The Balaban J connectivity index is 1.65. The molecule has 2 nitrogen and oxygen atoms in total. The highest BCUT2D eigenvalue weighted by molar-refractivity contribution is 5.31. The van der Waals surface area contributed by atoms with E-state index in [0.717, 1.165) is 12.1 Å². The van der Waals surface area contributed by atoms with Gasteiger partial charge in [0, 0.05) is 24.2 Å². The smallest absolute Gasteiger partial charge is 0.0294 e. The lowest BCUT2D eigenvalue weighted by Gasteiger charge is -2.47. The molecule has 2 fully saturated rings. The predicted octanol–water partition coefficient (Wildman–Crippen LogP) is 3.97. The fraction of sp³-hybridized carbons (Fsp3) is 0.684. The average molecular weight is 286 g/mol. The van der Waals surface area contributed by atoms with Crippen molar-refractivity contribution in [3.05, 3.63) is 34.9 Å². The van der Waals surface area contributed by atoms with Crippen LogP contribution in [0.1, 0.15) is 61.8 Å². The summed E-state index contributed by atoms with van der Waals surface area (Å²) < 4.78 is 0. The Morgan fingerprint density at radius 3 is 2.38 bits per heavy atom. The molecule has 3 rings (SSSR count). The summed E-state index contributed by atoms with van der Waals surface area (Å²) >= 11 is 0. The van der Waals surface area contributed by atoms with Crippen molar-refractivity contribution >= 4 is 0 Å². The van der Waals surface area contributed by atoms with Crippen molar-refractivity contribution in [1.82, 2.24) is 10.2 Å². The highest BCUT2D eigenvalue weighted by Crippen LogP contribution is 2.33. The molecule has 1 N–H and O–H groups in total. The molecule has 1 aromatic carbocycles. The molecule has 0 aliphatic carbocycles. The number of rotatable bonds is 3. The monoisotopic (exact) mass is 286 g/mol. The largest absolute Gasteiger partial charge is 0.307 e. The normalized spacial score (nSPS) is 31.1. The minimum atomic E-state index is 0.457. The fourth-order valence-corrected chi connectivity index (χ4v) is 4.24. The van der Waals surface area contributed by atoms with Gasteiger partial charge in [-0.05, 0) is 70.2 Å². The maximum absolute atomic E-state index is 3.90. The van der Waals surface area contributed by atoms with Gasteiger partial charge in [0.25, 0.3) is 0 Å². The summed E-state index contributed by atoms with van der Waals surface area (Å²) in [6.07, 6.45) is 6.86. The van der Waals surface area contributed by atoms with Crippen molar-refractivity contribution in [3.8, 4) is 0 Å². The average Bonchev–Trinajstić information content (AvgIpc) is 2.43. The van der Waals surface area contributed by atoms with E-state index in [1.165, 1.54) is 48.8 Å². The van der Waals surface area contributed by atoms with Gasteiger partial charge in [0.2, 0.25) is 0 Å². The number of nitrogens with one attached hydrogen (secondary N) is 1. The summed E-state index contributed by atoms with van der Waals surface area (Å²) in [6, 6.07) is 9.65. The molecule has 2 heterocycles. The second-order valence-electron chi connectivity index (χ2n) is 7.30. The number of aryl methyl sites for hydroxylation is 2. The first kappa shape index (κ1) is 15.1. The third-order valence-electron chi connectivity index (χ3n) is 5.86. The van der Waals surface area contributed by atoms with Gasteiger partial charge in [-0.1, -0.05) is 24.6 Å². The predicted molar refractivity (Wildman–Crippen MR) is 89.7 cm³/mol. The summed E-state index contributed by atoms with van der Waals surface area (Å²) in [5.41, 5.74) is 4.23. The minimum absolute atomic E-state index is 0.457. The molecule has 0 amide bonds. The van der Waals surface area contributed by atoms with Crippen molar-refractivity contribution in [2.75, 3.05) is 7.05 Å². The van der Waals surface area contributed by atoms with E-state index in [-0.39, 0.29) is 0 Å². The van der Waals surface area contributed by atoms with Crippen LogP contribution in [-0.2, 0) is 0 Å². The summed E-state index contributed by atoms with van der Waals surface area (Å²) in [4.78, 5) is 2.64. The maximum Gasteiger partial charge on any atom is 0.0294 e. The molecular weight excluding hydrogens is 256 g/mol. The summed E-state index contributed by atoms with van der Waals surface area (Å²) in [7, 11) is 2.33. The standard InChI is InChI=1S/C19H30N2/c1-13-8-9-16(10-14(13)2)15(3)20-17-11-18-6-5-7-19(12-17)21(18)4/h8-10,15,17-20H,5-7,11-12H2,1-4H3. The molecule has 2 saturated heterocycles. The van der Waals surface area contributed by atoms with E-state index < -0.39 is 0 Å². The van der Waals surface area contributed by atoms with Gasteiger partial charge < -0.3 is 10.2 Å². The Kier molecular flexibility index (Phi) is 4.37. The van der Waals surface area contributed by atoms with Crippen LogP contribution in [0.2, 0.25) is 0 Å². The lowest BCUT2D eigenvalue weighted by atomic mass is 9.82. The molecule has 116 valence electrons. The molecule has 3 unspecified atom stereocenters. The lowest BCUT2D eigenvalue weighted by Crippen LogP contribution is -2.54. The third-order valence-corrected chi connectivity index (χ3v) is 5.86. The quantitative estimate of drug-likeness (QED) is 0.904. The topological polar surface area (TPSA) is 15.3 Å². The third kappa shape index (κ3) is 3.17. The molecule has 0 aromatic heterocycles. The first-order chi connectivity index (χ1) is 10.0. The van der Waals surface area contributed by atoms with E-state index in [9.17, 15) is 0 Å². The Hall–Kier alpha value is -0.860.